The van der Waals surface area contributed by atoms with Crippen molar-refractivity contribution in [1.82, 2.24) is 4.90 Å². The Morgan fingerprint density at radius 1 is 1.29 bits per heavy atom. The van der Waals surface area contributed by atoms with E-state index in [4.69, 9.17) is 9.47 Å². The minimum atomic E-state index is -0.386. The summed E-state index contributed by atoms with van der Waals surface area (Å²) in [5.41, 5.74) is -0.0374. The van der Waals surface area contributed by atoms with Crippen LogP contribution in [0.3, 0.4) is 0 Å². The molecule has 0 unspecified atom stereocenters. The second-order valence-corrected chi connectivity index (χ2v) is 4.69. The van der Waals surface area contributed by atoms with Gasteiger partial charge in [-0.1, -0.05) is 0 Å². The zero-order chi connectivity index (χ0) is 9.65. The van der Waals surface area contributed by atoms with Crippen LogP contribution in [-0.4, -0.2) is 54.2 Å². The summed E-state index contributed by atoms with van der Waals surface area (Å²) in [5, 5.41) is 9.52. The molecule has 0 radical (unpaired) electrons. The van der Waals surface area contributed by atoms with Crippen molar-refractivity contribution in [3.63, 3.8) is 0 Å². The lowest BCUT2D eigenvalue weighted by atomic mass is 9.93. The lowest BCUT2D eigenvalue weighted by molar-refractivity contribution is -0.148. The van der Waals surface area contributed by atoms with E-state index in [0.29, 0.717) is 13.2 Å². The van der Waals surface area contributed by atoms with Gasteiger partial charge in [-0.05, 0) is 19.4 Å². The molecule has 3 aliphatic rings. The van der Waals surface area contributed by atoms with Crippen molar-refractivity contribution in [2.45, 2.75) is 30.6 Å². The molecule has 0 aliphatic carbocycles. The molecule has 0 aromatic heterocycles. The van der Waals surface area contributed by atoms with Gasteiger partial charge >= 0.3 is 0 Å². The van der Waals surface area contributed by atoms with Gasteiger partial charge in [-0.3, -0.25) is 4.90 Å². The quantitative estimate of drug-likeness (QED) is 0.643. The summed E-state index contributed by atoms with van der Waals surface area (Å²) in [6, 6.07) is 0. The first-order valence-electron chi connectivity index (χ1n) is 5.43. The summed E-state index contributed by atoms with van der Waals surface area (Å²) in [7, 11) is 0. The van der Waals surface area contributed by atoms with Crippen LogP contribution in [0.4, 0.5) is 0 Å². The molecule has 1 atom stereocenters. The number of hydrogen-bond acceptors (Lipinski definition) is 4. The second kappa shape index (κ2) is 2.92. The van der Waals surface area contributed by atoms with Gasteiger partial charge in [0.2, 0.25) is 0 Å². The summed E-state index contributed by atoms with van der Waals surface area (Å²) >= 11 is 0. The fraction of sp³-hybridized carbons (Fsp3) is 1.00. The number of hydrogen-bond donors (Lipinski definition) is 1. The molecule has 0 amide bonds. The highest BCUT2D eigenvalue weighted by molar-refractivity contribution is 5.07. The molecule has 14 heavy (non-hydrogen) atoms. The first-order chi connectivity index (χ1) is 6.79. The van der Waals surface area contributed by atoms with Gasteiger partial charge < -0.3 is 14.6 Å². The number of rotatable bonds is 1. The average Bonchev–Trinajstić information content (AvgIpc) is 2.81. The fourth-order valence-electron chi connectivity index (χ4n) is 3.21. The van der Waals surface area contributed by atoms with Crippen molar-refractivity contribution in [2.75, 3.05) is 32.9 Å². The van der Waals surface area contributed by atoms with Gasteiger partial charge in [0.05, 0.1) is 26.4 Å². The third-order valence-electron chi connectivity index (χ3n) is 3.88. The predicted octanol–water partition coefficient (Wildman–Crippen LogP) is -0.0399. The zero-order valence-corrected chi connectivity index (χ0v) is 8.37. The van der Waals surface area contributed by atoms with E-state index in [1.54, 1.807) is 0 Å². The summed E-state index contributed by atoms with van der Waals surface area (Å²) in [5.74, 6) is -0.386. The maximum absolute atomic E-state index is 9.52. The number of ether oxygens (including phenoxy) is 2. The zero-order valence-electron chi connectivity index (χ0n) is 8.37. The maximum atomic E-state index is 9.52. The molecule has 3 saturated heterocycles. The van der Waals surface area contributed by atoms with E-state index in [1.807, 2.05) is 0 Å². The van der Waals surface area contributed by atoms with Crippen LogP contribution in [0.15, 0.2) is 0 Å². The molecule has 1 N–H and O–H groups in total. The molecular weight excluding hydrogens is 182 g/mol. The Balaban J connectivity index is 1.85. The van der Waals surface area contributed by atoms with Crippen LogP contribution in [0, 0.1) is 0 Å². The molecule has 0 aromatic carbocycles. The van der Waals surface area contributed by atoms with Crippen LogP contribution in [0.25, 0.3) is 0 Å². The van der Waals surface area contributed by atoms with Gasteiger partial charge in [0, 0.05) is 12.0 Å². The smallest absolute Gasteiger partial charge is 0.183 e. The predicted molar refractivity (Wildman–Crippen MR) is 49.9 cm³/mol. The van der Waals surface area contributed by atoms with Gasteiger partial charge in [0.1, 0.15) is 0 Å². The fourth-order valence-corrected chi connectivity index (χ4v) is 3.21. The highest BCUT2D eigenvalue weighted by atomic mass is 16.7. The molecule has 3 heterocycles. The monoisotopic (exact) mass is 199 g/mol. The summed E-state index contributed by atoms with van der Waals surface area (Å²) in [4.78, 5) is 2.35. The molecule has 0 saturated carbocycles. The molecule has 0 bridgehead atoms. The molecule has 3 aliphatic heterocycles. The summed E-state index contributed by atoms with van der Waals surface area (Å²) in [6.45, 7) is 3.56. The van der Waals surface area contributed by atoms with Crippen LogP contribution < -0.4 is 0 Å². The van der Waals surface area contributed by atoms with Crippen LogP contribution in [0.2, 0.25) is 0 Å². The summed E-state index contributed by atoms with van der Waals surface area (Å²) in [6.07, 6.45) is 3.12. The van der Waals surface area contributed by atoms with Crippen molar-refractivity contribution in [1.29, 1.82) is 0 Å². The Morgan fingerprint density at radius 3 is 2.71 bits per heavy atom. The number of nitrogens with zero attached hydrogens (tertiary/aromatic N) is 1. The van der Waals surface area contributed by atoms with Crippen molar-refractivity contribution >= 4 is 0 Å². The second-order valence-electron chi connectivity index (χ2n) is 4.69. The van der Waals surface area contributed by atoms with E-state index in [2.05, 4.69) is 4.90 Å². The average molecular weight is 199 g/mol. The Bertz CT molecular complexity index is 240. The van der Waals surface area contributed by atoms with E-state index < -0.39 is 0 Å². The van der Waals surface area contributed by atoms with Gasteiger partial charge in [-0.15, -0.1) is 0 Å². The summed E-state index contributed by atoms with van der Waals surface area (Å²) < 4.78 is 11.4. The third kappa shape index (κ3) is 1.08. The Kier molecular flexibility index (Phi) is 1.89. The van der Waals surface area contributed by atoms with Gasteiger partial charge in [-0.2, -0.15) is 0 Å². The molecular formula is C10H17NO3. The standard InChI is InChI=1S/C10H17NO3/c12-8-9-2-1-3-11(9)7-10(6-9)13-4-5-14-10/h12H,1-8H2/t9-/m0/s1. The van der Waals surface area contributed by atoms with E-state index >= 15 is 0 Å². The lowest BCUT2D eigenvalue weighted by Crippen LogP contribution is -2.41. The van der Waals surface area contributed by atoms with E-state index in [9.17, 15) is 5.11 Å². The molecule has 4 nitrogen and oxygen atoms in total. The van der Waals surface area contributed by atoms with Crippen LogP contribution >= 0.6 is 0 Å². The van der Waals surface area contributed by atoms with Crippen molar-refractivity contribution in [2.24, 2.45) is 0 Å². The van der Waals surface area contributed by atoms with Crippen molar-refractivity contribution in [3.8, 4) is 0 Å². The van der Waals surface area contributed by atoms with Crippen LogP contribution in [0.5, 0.6) is 0 Å². The number of fused-ring (bicyclic) bond motifs is 1. The van der Waals surface area contributed by atoms with Crippen molar-refractivity contribution in [3.05, 3.63) is 0 Å². The Morgan fingerprint density at radius 2 is 2.07 bits per heavy atom. The van der Waals surface area contributed by atoms with Crippen LogP contribution in [0.1, 0.15) is 19.3 Å². The molecule has 1 spiro atoms. The molecule has 3 fully saturated rings. The lowest BCUT2D eigenvalue weighted by Gasteiger charge is -2.28. The van der Waals surface area contributed by atoms with E-state index in [-0.39, 0.29) is 17.9 Å². The molecule has 0 aromatic rings. The number of aliphatic hydroxyl groups is 1. The van der Waals surface area contributed by atoms with Crippen LogP contribution in [-0.2, 0) is 9.47 Å². The Hall–Kier alpha value is -0.160. The normalized spacial score (nSPS) is 40.9. The van der Waals surface area contributed by atoms with E-state index in [1.165, 1.54) is 6.42 Å². The minimum Gasteiger partial charge on any atom is -0.394 e. The topological polar surface area (TPSA) is 41.9 Å². The maximum Gasteiger partial charge on any atom is 0.183 e. The minimum absolute atomic E-state index is 0.0374. The highest BCUT2D eigenvalue weighted by Crippen LogP contribution is 2.46. The van der Waals surface area contributed by atoms with Gasteiger partial charge in [-0.25, -0.2) is 0 Å². The first kappa shape index (κ1) is 9.09. The Labute approximate surface area is 83.8 Å². The van der Waals surface area contributed by atoms with E-state index in [0.717, 1.165) is 25.9 Å². The molecule has 4 heteroatoms. The van der Waals surface area contributed by atoms with Crippen molar-refractivity contribution < 1.29 is 14.6 Å². The largest absolute Gasteiger partial charge is 0.394 e. The SMILES string of the molecule is OC[C@@]12CCCN1CC1(C2)OCCO1. The number of aliphatic hydroxyl groups excluding tert-OH is 1. The first-order valence-corrected chi connectivity index (χ1v) is 5.43. The third-order valence-corrected chi connectivity index (χ3v) is 3.88. The highest BCUT2D eigenvalue weighted by Gasteiger charge is 2.57. The molecule has 80 valence electrons. The molecule has 3 rings (SSSR count). The van der Waals surface area contributed by atoms with Gasteiger partial charge in [0.15, 0.2) is 5.79 Å². The van der Waals surface area contributed by atoms with Gasteiger partial charge in [0.25, 0.3) is 0 Å².